The number of benzene rings is 2. The molecule has 4 rings (SSSR count). The average molecular weight is 458 g/mol. The molecular formula is C21H22N4O6S. The van der Waals surface area contributed by atoms with Crippen LogP contribution in [-0.2, 0) is 10.0 Å². The van der Waals surface area contributed by atoms with Gasteiger partial charge in [0.15, 0.2) is 11.5 Å². The van der Waals surface area contributed by atoms with E-state index in [2.05, 4.69) is 15.5 Å². The van der Waals surface area contributed by atoms with Crippen LogP contribution < -0.4 is 14.8 Å². The summed E-state index contributed by atoms with van der Waals surface area (Å²) in [5.41, 5.74) is 0.862. The van der Waals surface area contributed by atoms with Crippen molar-refractivity contribution in [2.75, 3.05) is 25.6 Å². The number of amides is 1. The smallest absolute Gasteiger partial charge is 0.322 e. The maximum Gasteiger partial charge on any atom is 0.322 e. The highest BCUT2D eigenvalue weighted by Gasteiger charge is 2.23. The molecule has 0 fully saturated rings. The molecule has 3 aromatic rings. The van der Waals surface area contributed by atoms with Crippen molar-refractivity contribution in [1.29, 1.82) is 0 Å². The van der Waals surface area contributed by atoms with Crippen molar-refractivity contribution >= 4 is 21.9 Å². The molecule has 0 saturated carbocycles. The highest BCUT2D eigenvalue weighted by molar-refractivity contribution is 7.89. The molecule has 10 nitrogen and oxygen atoms in total. The van der Waals surface area contributed by atoms with E-state index in [1.807, 2.05) is 0 Å². The SMILES string of the molecule is CC(C)N(C)S(=O)(=O)c1ccc(C(=O)Nc2nnc(-c3ccc4c(c3)OCCO4)o2)cc1. The Hall–Kier alpha value is -3.44. The Kier molecular flexibility index (Phi) is 5.85. The number of nitrogens with one attached hydrogen (secondary N) is 1. The fourth-order valence-electron chi connectivity index (χ4n) is 2.96. The van der Waals surface area contributed by atoms with Crippen LogP contribution >= 0.6 is 0 Å². The summed E-state index contributed by atoms with van der Waals surface area (Å²) in [6.07, 6.45) is 0. The first kappa shape index (κ1) is 21.8. The van der Waals surface area contributed by atoms with Gasteiger partial charge in [-0.25, -0.2) is 8.42 Å². The minimum Gasteiger partial charge on any atom is -0.486 e. The molecule has 0 aliphatic carbocycles. The molecule has 1 amide bonds. The van der Waals surface area contributed by atoms with Gasteiger partial charge in [0.25, 0.3) is 5.91 Å². The summed E-state index contributed by atoms with van der Waals surface area (Å²) in [5.74, 6) is 0.910. The van der Waals surface area contributed by atoms with Crippen molar-refractivity contribution in [1.82, 2.24) is 14.5 Å². The lowest BCUT2D eigenvalue weighted by atomic mass is 10.2. The minimum absolute atomic E-state index is 0.0869. The first-order valence-electron chi connectivity index (χ1n) is 9.88. The monoisotopic (exact) mass is 458 g/mol. The van der Waals surface area contributed by atoms with E-state index in [0.717, 1.165) is 0 Å². The normalized spacial score (nSPS) is 13.4. The number of aromatic nitrogens is 2. The van der Waals surface area contributed by atoms with E-state index in [9.17, 15) is 13.2 Å². The summed E-state index contributed by atoms with van der Waals surface area (Å²) in [6.45, 7) is 4.51. The number of ether oxygens (including phenoxy) is 2. The van der Waals surface area contributed by atoms with Crippen LogP contribution in [0.15, 0.2) is 51.8 Å². The van der Waals surface area contributed by atoms with Crippen molar-refractivity contribution in [2.24, 2.45) is 0 Å². The second kappa shape index (κ2) is 8.60. The lowest BCUT2D eigenvalue weighted by Gasteiger charge is -2.20. The molecule has 0 saturated heterocycles. The van der Waals surface area contributed by atoms with Gasteiger partial charge in [-0.3, -0.25) is 10.1 Å². The molecule has 0 spiro atoms. The molecule has 32 heavy (non-hydrogen) atoms. The van der Waals surface area contributed by atoms with Crippen molar-refractivity contribution in [2.45, 2.75) is 24.8 Å². The van der Waals surface area contributed by atoms with Crippen LogP contribution in [0.25, 0.3) is 11.5 Å². The van der Waals surface area contributed by atoms with E-state index in [1.54, 1.807) is 32.0 Å². The zero-order valence-electron chi connectivity index (χ0n) is 17.7. The lowest BCUT2D eigenvalue weighted by Crippen LogP contribution is -2.33. The summed E-state index contributed by atoms with van der Waals surface area (Å²) in [4.78, 5) is 12.6. The third-order valence-electron chi connectivity index (χ3n) is 4.96. The summed E-state index contributed by atoms with van der Waals surface area (Å²) >= 11 is 0. The van der Waals surface area contributed by atoms with Crippen LogP contribution in [0.1, 0.15) is 24.2 Å². The fourth-order valence-corrected chi connectivity index (χ4v) is 4.33. The predicted molar refractivity (Wildman–Crippen MR) is 115 cm³/mol. The number of fused-ring (bicyclic) bond motifs is 1. The number of carbonyl (C=O) groups is 1. The Morgan fingerprint density at radius 2 is 1.72 bits per heavy atom. The Bertz CT molecular complexity index is 1240. The summed E-state index contributed by atoms with van der Waals surface area (Å²) < 4.78 is 42.9. The summed E-state index contributed by atoms with van der Waals surface area (Å²) in [5, 5.41) is 10.3. The number of anilines is 1. The molecular weight excluding hydrogens is 436 g/mol. The molecule has 2 aromatic carbocycles. The highest BCUT2D eigenvalue weighted by Crippen LogP contribution is 2.34. The quantitative estimate of drug-likeness (QED) is 0.598. The van der Waals surface area contributed by atoms with Gasteiger partial charge in [-0.05, 0) is 56.3 Å². The molecule has 0 atom stereocenters. The highest BCUT2D eigenvalue weighted by atomic mass is 32.2. The van der Waals surface area contributed by atoms with E-state index in [4.69, 9.17) is 13.9 Å². The molecule has 1 aliphatic heterocycles. The van der Waals surface area contributed by atoms with Gasteiger partial charge >= 0.3 is 6.01 Å². The number of sulfonamides is 1. The van der Waals surface area contributed by atoms with E-state index in [-0.39, 0.29) is 28.4 Å². The van der Waals surface area contributed by atoms with Gasteiger partial charge in [0, 0.05) is 24.2 Å². The number of rotatable bonds is 6. The van der Waals surface area contributed by atoms with Gasteiger partial charge in [0.1, 0.15) is 13.2 Å². The molecule has 0 bridgehead atoms. The third kappa shape index (κ3) is 4.30. The molecule has 11 heteroatoms. The number of carbonyl (C=O) groups excluding carboxylic acids is 1. The molecule has 1 aromatic heterocycles. The maximum atomic E-state index is 12.5. The Balaban J connectivity index is 1.47. The average Bonchev–Trinajstić information content (AvgIpc) is 3.26. The van der Waals surface area contributed by atoms with Crippen LogP contribution in [-0.4, -0.2) is 55.1 Å². The van der Waals surface area contributed by atoms with Crippen molar-refractivity contribution in [3.63, 3.8) is 0 Å². The largest absolute Gasteiger partial charge is 0.486 e. The van der Waals surface area contributed by atoms with Gasteiger partial charge in [-0.2, -0.15) is 4.31 Å². The summed E-state index contributed by atoms with van der Waals surface area (Å²) in [6, 6.07) is 10.6. The van der Waals surface area contributed by atoms with E-state index < -0.39 is 15.9 Å². The first-order chi connectivity index (χ1) is 15.3. The van der Waals surface area contributed by atoms with Crippen LogP contribution in [0.2, 0.25) is 0 Å². The van der Waals surface area contributed by atoms with Crippen LogP contribution in [0.5, 0.6) is 11.5 Å². The maximum absolute atomic E-state index is 12.5. The van der Waals surface area contributed by atoms with Crippen LogP contribution in [0, 0.1) is 0 Å². The lowest BCUT2D eigenvalue weighted by molar-refractivity contribution is 0.102. The van der Waals surface area contributed by atoms with Crippen molar-refractivity contribution < 1.29 is 27.1 Å². The van der Waals surface area contributed by atoms with E-state index in [1.165, 1.54) is 35.6 Å². The zero-order valence-corrected chi connectivity index (χ0v) is 18.5. The van der Waals surface area contributed by atoms with Gasteiger partial charge in [0.2, 0.25) is 15.9 Å². The second-order valence-electron chi connectivity index (χ2n) is 7.36. The van der Waals surface area contributed by atoms with Crippen LogP contribution in [0.3, 0.4) is 0 Å². The molecule has 2 heterocycles. The molecule has 0 unspecified atom stereocenters. The van der Waals surface area contributed by atoms with Crippen molar-refractivity contribution in [3.05, 3.63) is 48.0 Å². The molecule has 0 radical (unpaired) electrons. The molecule has 168 valence electrons. The second-order valence-corrected chi connectivity index (χ2v) is 9.36. The minimum atomic E-state index is -3.63. The van der Waals surface area contributed by atoms with Crippen LogP contribution in [0.4, 0.5) is 6.01 Å². The topological polar surface area (TPSA) is 124 Å². The summed E-state index contributed by atoms with van der Waals surface area (Å²) in [7, 11) is -2.12. The third-order valence-corrected chi connectivity index (χ3v) is 7.00. The fraction of sp³-hybridized carbons (Fsp3) is 0.286. The van der Waals surface area contributed by atoms with Gasteiger partial charge < -0.3 is 13.9 Å². The molecule has 1 aliphatic rings. The number of hydrogen-bond donors (Lipinski definition) is 1. The van der Waals surface area contributed by atoms with Gasteiger partial charge in [-0.1, -0.05) is 5.10 Å². The van der Waals surface area contributed by atoms with Gasteiger partial charge in [-0.15, -0.1) is 5.10 Å². The standard InChI is InChI=1S/C21H22N4O6S/c1-13(2)25(3)32(27,28)16-7-4-14(5-8-16)19(26)22-21-24-23-20(31-21)15-6-9-17-18(12-15)30-11-10-29-17/h4-9,12-13H,10-11H2,1-3H3,(H,22,24,26). The number of nitrogens with zero attached hydrogens (tertiary/aromatic N) is 3. The Labute approximate surface area is 185 Å². The number of hydrogen-bond acceptors (Lipinski definition) is 8. The van der Waals surface area contributed by atoms with E-state index >= 15 is 0 Å². The van der Waals surface area contributed by atoms with E-state index in [0.29, 0.717) is 30.3 Å². The Morgan fingerprint density at radius 1 is 1.03 bits per heavy atom. The molecule has 1 N–H and O–H groups in total. The van der Waals surface area contributed by atoms with Gasteiger partial charge in [0.05, 0.1) is 4.90 Å². The Morgan fingerprint density at radius 3 is 2.41 bits per heavy atom. The predicted octanol–water partition coefficient (Wildman–Crippen LogP) is 2.79. The van der Waals surface area contributed by atoms with Crippen molar-refractivity contribution in [3.8, 4) is 23.0 Å². The first-order valence-corrected chi connectivity index (χ1v) is 11.3. The zero-order chi connectivity index (χ0) is 22.9.